The van der Waals surface area contributed by atoms with E-state index in [0.717, 1.165) is 21.7 Å². The van der Waals surface area contributed by atoms with Crippen LogP contribution in [0.2, 0.25) is 4.47 Å². The smallest absolute Gasteiger partial charge is 0.225 e. The van der Waals surface area contributed by atoms with Crippen molar-refractivity contribution in [2.45, 2.75) is 19.8 Å². The molecule has 0 radical (unpaired) electrons. The highest BCUT2D eigenvalue weighted by atomic mass is 35.5. The zero-order chi connectivity index (χ0) is 16.2. The molecule has 1 amide bonds. The van der Waals surface area contributed by atoms with E-state index in [4.69, 9.17) is 11.6 Å². The minimum absolute atomic E-state index is 0.0810. The minimum Gasteiger partial charge on any atom is -0.311 e. The normalized spacial score (nSPS) is 10.7. The van der Waals surface area contributed by atoms with Crippen LogP contribution < -0.4 is 5.32 Å². The lowest BCUT2D eigenvalue weighted by Crippen LogP contribution is -2.13. The Morgan fingerprint density at radius 1 is 1.39 bits per heavy atom. The van der Waals surface area contributed by atoms with Crippen molar-refractivity contribution in [2.24, 2.45) is 0 Å². The van der Waals surface area contributed by atoms with E-state index in [1.165, 1.54) is 11.3 Å². The molecule has 2 N–H and O–H groups in total. The number of rotatable bonds is 5. The number of carbonyl (C=O) groups is 1. The summed E-state index contributed by atoms with van der Waals surface area (Å²) in [6.45, 7) is 1.91. The van der Waals surface area contributed by atoms with Crippen LogP contribution in [0.5, 0.6) is 0 Å². The molecule has 0 bridgehead atoms. The van der Waals surface area contributed by atoms with Crippen molar-refractivity contribution in [3.05, 3.63) is 45.6 Å². The Hall–Kier alpha value is -2.25. The molecule has 0 aliphatic rings. The first-order valence-electron chi connectivity index (χ1n) is 6.99. The van der Waals surface area contributed by atoms with Gasteiger partial charge in [0.1, 0.15) is 5.82 Å². The molecule has 23 heavy (non-hydrogen) atoms. The number of halogens is 1. The number of hydrogen-bond acceptors (Lipinski definition) is 5. The van der Waals surface area contributed by atoms with E-state index >= 15 is 0 Å². The number of carbonyl (C=O) groups excluding carboxylic acids is 1. The van der Waals surface area contributed by atoms with Gasteiger partial charge in [0.15, 0.2) is 4.47 Å². The number of nitrogens with one attached hydrogen (secondary N) is 2. The summed E-state index contributed by atoms with van der Waals surface area (Å²) in [6, 6.07) is 3.75. The maximum Gasteiger partial charge on any atom is 0.225 e. The van der Waals surface area contributed by atoms with Crippen molar-refractivity contribution in [2.75, 3.05) is 5.32 Å². The molecule has 3 heterocycles. The molecule has 0 unspecified atom stereocenters. The first-order chi connectivity index (χ1) is 11.1. The van der Waals surface area contributed by atoms with Gasteiger partial charge < -0.3 is 5.32 Å². The average molecular weight is 348 g/mol. The number of amides is 1. The zero-order valence-corrected chi connectivity index (χ0v) is 13.9. The topological polar surface area (TPSA) is 83.6 Å². The molecule has 0 aliphatic heterocycles. The maximum absolute atomic E-state index is 12.1. The van der Waals surface area contributed by atoms with Crippen LogP contribution in [0.4, 0.5) is 5.82 Å². The van der Waals surface area contributed by atoms with Crippen molar-refractivity contribution in [1.82, 2.24) is 20.2 Å². The fraction of sp³-hybridized carbons (Fsp3) is 0.200. The molecule has 8 heteroatoms. The molecule has 0 saturated carbocycles. The van der Waals surface area contributed by atoms with E-state index in [9.17, 15) is 4.79 Å². The molecule has 0 aromatic carbocycles. The predicted octanol–water partition coefficient (Wildman–Crippen LogP) is 3.46. The fourth-order valence-electron chi connectivity index (χ4n) is 2.15. The Morgan fingerprint density at radius 3 is 2.87 bits per heavy atom. The molecular formula is C15H14ClN5OS. The van der Waals surface area contributed by atoms with Crippen LogP contribution in [0.15, 0.2) is 30.7 Å². The van der Waals surface area contributed by atoms with Crippen LogP contribution in [-0.4, -0.2) is 26.1 Å². The second kappa shape index (κ2) is 6.89. The molecule has 0 fully saturated rings. The quantitative estimate of drug-likeness (QED) is 0.740. The average Bonchev–Trinajstić information content (AvgIpc) is 3.13. The summed E-state index contributed by atoms with van der Waals surface area (Å²) in [7, 11) is 0. The lowest BCUT2D eigenvalue weighted by atomic mass is 10.1. The monoisotopic (exact) mass is 347 g/mol. The van der Waals surface area contributed by atoms with Gasteiger partial charge in [0.25, 0.3) is 0 Å². The Bertz CT molecular complexity index is 814. The van der Waals surface area contributed by atoms with Crippen LogP contribution in [0, 0.1) is 6.92 Å². The van der Waals surface area contributed by atoms with Crippen molar-refractivity contribution < 1.29 is 4.79 Å². The van der Waals surface area contributed by atoms with Gasteiger partial charge in [-0.15, -0.1) is 11.3 Å². The molecule has 0 saturated heterocycles. The fourth-order valence-corrected chi connectivity index (χ4v) is 3.13. The molecule has 3 aromatic heterocycles. The third-order valence-electron chi connectivity index (χ3n) is 3.35. The number of aromatic amines is 1. The summed E-state index contributed by atoms with van der Waals surface area (Å²) in [6.07, 6.45) is 6.09. The summed E-state index contributed by atoms with van der Waals surface area (Å²) in [5.74, 6) is 0.534. The molecule has 3 rings (SSSR count). The number of hydrogen-bond donors (Lipinski definition) is 2. The van der Waals surface area contributed by atoms with Gasteiger partial charge in [-0.05, 0) is 25.5 Å². The standard InChI is InChI=1S/C15H14ClN5OS/c1-9-13(10-4-6-17-7-5-10)20-21-14(9)19-12(22)3-2-11-8-18-15(16)23-11/h4-8H,2-3H2,1H3,(H2,19,20,21,22). The number of pyridine rings is 1. The number of thiazole rings is 1. The number of H-pyrrole nitrogens is 1. The summed E-state index contributed by atoms with van der Waals surface area (Å²) >= 11 is 7.17. The molecule has 6 nitrogen and oxygen atoms in total. The SMILES string of the molecule is Cc1c(-c2ccncc2)n[nH]c1NC(=O)CCc1cnc(Cl)s1. The Morgan fingerprint density at radius 2 is 2.17 bits per heavy atom. The lowest BCUT2D eigenvalue weighted by Gasteiger charge is -2.03. The van der Waals surface area contributed by atoms with E-state index in [1.54, 1.807) is 18.6 Å². The Balaban J connectivity index is 1.64. The minimum atomic E-state index is -0.0810. The first kappa shape index (κ1) is 15.6. The number of nitrogens with zero attached hydrogens (tertiary/aromatic N) is 3. The van der Waals surface area contributed by atoms with Crippen LogP contribution in [0.25, 0.3) is 11.3 Å². The molecule has 118 valence electrons. The van der Waals surface area contributed by atoms with E-state index in [-0.39, 0.29) is 5.91 Å². The van der Waals surface area contributed by atoms with Gasteiger partial charge in [0, 0.05) is 41.0 Å². The Labute approximate surface area is 141 Å². The van der Waals surface area contributed by atoms with Gasteiger partial charge in [-0.25, -0.2) is 4.98 Å². The first-order valence-corrected chi connectivity index (χ1v) is 8.18. The van der Waals surface area contributed by atoms with Crippen molar-refractivity contribution in [3.63, 3.8) is 0 Å². The van der Waals surface area contributed by atoms with Gasteiger partial charge in [-0.3, -0.25) is 14.9 Å². The van der Waals surface area contributed by atoms with E-state index < -0.39 is 0 Å². The summed E-state index contributed by atoms with van der Waals surface area (Å²) in [5.41, 5.74) is 2.65. The number of aromatic nitrogens is 4. The Kier molecular flexibility index (Phi) is 4.68. The second-order valence-electron chi connectivity index (χ2n) is 4.94. The van der Waals surface area contributed by atoms with Crippen LogP contribution >= 0.6 is 22.9 Å². The van der Waals surface area contributed by atoms with Gasteiger partial charge >= 0.3 is 0 Å². The van der Waals surface area contributed by atoms with E-state index in [1.807, 2.05) is 19.1 Å². The van der Waals surface area contributed by atoms with E-state index in [2.05, 4.69) is 25.5 Å². The lowest BCUT2D eigenvalue weighted by molar-refractivity contribution is -0.116. The van der Waals surface area contributed by atoms with Gasteiger partial charge in [0.05, 0.1) is 5.69 Å². The highest BCUT2D eigenvalue weighted by Crippen LogP contribution is 2.25. The summed E-state index contributed by atoms with van der Waals surface area (Å²) in [5, 5.41) is 10.00. The summed E-state index contributed by atoms with van der Waals surface area (Å²) in [4.78, 5) is 21.0. The largest absolute Gasteiger partial charge is 0.311 e. The van der Waals surface area contributed by atoms with Gasteiger partial charge in [-0.1, -0.05) is 11.6 Å². The molecular weight excluding hydrogens is 334 g/mol. The predicted molar refractivity (Wildman–Crippen MR) is 90.6 cm³/mol. The van der Waals surface area contributed by atoms with Crippen LogP contribution in [0.1, 0.15) is 16.9 Å². The second-order valence-corrected chi connectivity index (χ2v) is 6.63. The van der Waals surface area contributed by atoms with Crippen LogP contribution in [0.3, 0.4) is 0 Å². The molecule has 0 spiro atoms. The maximum atomic E-state index is 12.1. The van der Waals surface area contributed by atoms with Crippen LogP contribution in [-0.2, 0) is 11.2 Å². The van der Waals surface area contributed by atoms with E-state index in [0.29, 0.717) is 23.1 Å². The number of aryl methyl sites for hydroxylation is 1. The van der Waals surface area contributed by atoms with Crippen molar-refractivity contribution >= 4 is 34.7 Å². The van der Waals surface area contributed by atoms with Gasteiger partial charge in [-0.2, -0.15) is 5.10 Å². The van der Waals surface area contributed by atoms with Crippen molar-refractivity contribution in [1.29, 1.82) is 0 Å². The third-order valence-corrected chi connectivity index (χ3v) is 4.53. The zero-order valence-electron chi connectivity index (χ0n) is 12.3. The van der Waals surface area contributed by atoms with Crippen molar-refractivity contribution in [3.8, 4) is 11.3 Å². The van der Waals surface area contributed by atoms with Gasteiger partial charge in [0.2, 0.25) is 5.91 Å². The molecule has 0 aliphatic carbocycles. The molecule has 0 atom stereocenters. The highest BCUT2D eigenvalue weighted by molar-refractivity contribution is 7.15. The highest BCUT2D eigenvalue weighted by Gasteiger charge is 2.13. The number of anilines is 1. The third kappa shape index (κ3) is 3.75. The summed E-state index contributed by atoms with van der Waals surface area (Å²) < 4.78 is 0.492. The molecule has 3 aromatic rings.